The highest BCUT2D eigenvalue weighted by atomic mass is 79.9. The molecule has 0 radical (unpaired) electrons. The van der Waals surface area contributed by atoms with Gasteiger partial charge in [-0.2, -0.15) is 0 Å². The summed E-state index contributed by atoms with van der Waals surface area (Å²) in [5.74, 6) is -0.174. The molecule has 110 valence electrons. The molecule has 0 heterocycles. The Morgan fingerprint density at radius 3 is 2.62 bits per heavy atom. The van der Waals surface area contributed by atoms with Gasteiger partial charge in [-0.25, -0.2) is 0 Å². The van der Waals surface area contributed by atoms with E-state index in [0.717, 1.165) is 10.0 Å². The van der Waals surface area contributed by atoms with E-state index in [1.165, 1.54) is 4.90 Å². The Morgan fingerprint density at radius 1 is 1.29 bits per heavy atom. The van der Waals surface area contributed by atoms with E-state index in [-0.39, 0.29) is 19.1 Å². The quantitative estimate of drug-likeness (QED) is 0.834. The van der Waals surface area contributed by atoms with Crippen LogP contribution in [-0.4, -0.2) is 24.2 Å². The number of amides is 1. The van der Waals surface area contributed by atoms with Gasteiger partial charge in [0.1, 0.15) is 0 Å². The van der Waals surface area contributed by atoms with Crippen molar-refractivity contribution >= 4 is 33.2 Å². The zero-order valence-corrected chi connectivity index (χ0v) is 13.3. The van der Waals surface area contributed by atoms with Gasteiger partial charge in [0.25, 0.3) is 5.91 Å². The molecule has 3 N–H and O–H groups in total. The average molecular weight is 349 g/mol. The Balaban J connectivity index is 2.43. The monoisotopic (exact) mass is 348 g/mol. The van der Waals surface area contributed by atoms with Gasteiger partial charge in [0, 0.05) is 16.6 Å². The summed E-state index contributed by atoms with van der Waals surface area (Å²) < 4.78 is 0.921. The zero-order valence-electron chi connectivity index (χ0n) is 11.7. The number of aryl methyl sites for hydroxylation is 1. The minimum absolute atomic E-state index is 0.129. The van der Waals surface area contributed by atoms with E-state index in [9.17, 15) is 9.90 Å². The zero-order chi connectivity index (χ0) is 15.4. The Morgan fingerprint density at radius 2 is 2.00 bits per heavy atom. The third-order valence-corrected chi connectivity index (χ3v) is 3.71. The molecule has 21 heavy (non-hydrogen) atoms. The van der Waals surface area contributed by atoms with Gasteiger partial charge in [0.15, 0.2) is 0 Å². The molecule has 0 aliphatic heterocycles. The van der Waals surface area contributed by atoms with Crippen LogP contribution in [0.15, 0.2) is 46.9 Å². The van der Waals surface area contributed by atoms with E-state index in [2.05, 4.69) is 15.9 Å². The van der Waals surface area contributed by atoms with E-state index in [1.807, 2.05) is 31.2 Å². The first-order valence-corrected chi connectivity index (χ1v) is 7.37. The molecular formula is C16H17BrN2O2. The molecule has 0 unspecified atom stereocenters. The van der Waals surface area contributed by atoms with Gasteiger partial charge in [-0.15, -0.1) is 0 Å². The number of anilines is 2. The number of para-hydroxylation sites is 2. The fourth-order valence-electron chi connectivity index (χ4n) is 2.18. The van der Waals surface area contributed by atoms with E-state index in [0.29, 0.717) is 16.9 Å². The first-order valence-electron chi connectivity index (χ1n) is 6.58. The van der Waals surface area contributed by atoms with E-state index < -0.39 is 0 Å². The maximum atomic E-state index is 12.8. The molecule has 2 aromatic rings. The van der Waals surface area contributed by atoms with E-state index in [4.69, 9.17) is 5.73 Å². The number of carbonyl (C=O) groups excluding carboxylic acids is 1. The van der Waals surface area contributed by atoms with Crippen LogP contribution in [0.5, 0.6) is 0 Å². The van der Waals surface area contributed by atoms with Gasteiger partial charge in [-0.05, 0) is 42.8 Å². The van der Waals surface area contributed by atoms with Crippen molar-refractivity contribution in [3.63, 3.8) is 0 Å². The highest BCUT2D eigenvalue weighted by Crippen LogP contribution is 2.25. The molecule has 4 nitrogen and oxygen atoms in total. The van der Waals surface area contributed by atoms with Crippen LogP contribution in [0.4, 0.5) is 11.4 Å². The molecule has 0 spiro atoms. The standard InChI is InChI=1S/C16H17BrN2O2/c1-11-10-12(17)6-7-13(11)16(21)19(8-9-20)15-5-3-2-4-14(15)18/h2-7,10,20H,8-9,18H2,1H3. The summed E-state index contributed by atoms with van der Waals surface area (Å²) in [6.45, 7) is 1.95. The molecule has 0 aliphatic carbocycles. The van der Waals surface area contributed by atoms with Crippen LogP contribution in [-0.2, 0) is 0 Å². The van der Waals surface area contributed by atoms with Crippen molar-refractivity contribution < 1.29 is 9.90 Å². The molecule has 0 fully saturated rings. The fourth-order valence-corrected chi connectivity index (χ4v) is 2.65. The van der Waals surface area contributed by atoms with Crippen LogP contribution in [0.25, 0.3) is 0 Å². The van der Waals surface area contributed by atoms with Crippen LogP contribution in [0.1, 0.15) is 15.9 Å². The van der Waals surface area contributed by atoms with Gasteiger partial charge in [0.2, 0.25) is 0 Å². The number of aliphatic hydroxyl groups excluding tert-OH is 1. The molecule has 1 amide bonds. The summed E-state index contributed by atoms with van der Waals surface area (Å²) in [5, 5.41) is 9.26. The Kier molecular flexibility index (Phi) is 4.98. The van der Waals surface area contributed by atoms with E-state index >= 15 is 0 Å². The number of benzene rings is 2. The van der Waals surface area contributed by atoms with E-state index in [1.54, 1.807) is 18.2 Å². The highest BCUT2D eigenvalue weighted by Gasteiger charge is 2.20. The van der Waals surface area contributed by atoms with Crippen molar-refractivity contribution in [3.05, 3.63) is 58.1 Å². The maximum Gasteiger partial charge on any atom is 0.258 e. The topological polar surface area (TPSA) is 66.6 Å². The number of rotatable bonds is 4. The second kappa shape index (κ2) is 6.74. The van der Waals surface area contributed by atoms with Crippen molar-refractivity contribution in [2.24, 2.45) is 0 Å². The van der Waals surface area contributed by atoms with Gasteiger partial charge >= 0.3 is 0 Å². The number of halogens is 1. The second-order valence-corrected chi connectivity index (χ2v) is 5.61. The molecule has 0 aromatic heterocycles. The SMILES string of the molecule is Cc1cc(Br)ccc1C(=O)N(CCO)c1ccccc1N. The molecule has 0 saturated heterocycles. The summed E-state index contributed by atoms with van der Waals surface area (Å²) in [6, 6.07) is 12.6. The predicted molar refractivity (Wildman–Crippen MR) is 88.5 cm³/mol. The normalized spacial score (nSPS) is 10.4. The number of hydrogen-bond acceptors (Lipinski definition) is 3. The van der Waals surface area contributed by atoms with Gasteiger partial charge < -0.3 is 15.7 Å². The van der Waals surface area contributed by atoms with Crippen molar-refractivity contribution in [2.45, 2.75) is 6.92 Å². The van der Waals surface area contributed by atoms with Crippen LogP contribution >= 0.6 is 15.9 Å². The summed E-state index contributed by atoms with van der Waals surface area (Å²) in [5.41, 5.74) is 8.53. The number of hydrogen-bond donors (Lipinski definition) is 2. The first-order chi connectivity index (χ1) is 10.0. The molecule has 2 aromatic carbocycles. The predicted octanol–water partition coefficient (Wildman–Crippen LogP) is 2.98. The van der Waals surface area contributed by atoms with Crippen molar-refractivity contribution in [1.29, 1.82) is 0 Å². The van der Waals surface area contributed by atoms with Gasteiger partial charge in [-0.1, -0.05) is 28.1 Å². The molecular weight excluding hydrogens is 332 g/mol. The highest BCUT2D eigenvalue weighted by molar-refractivity contribution is 9.10. The fraction of sp³-hybridized carbons (Fsp3) is 0.188. The lowest BCUT2D eigenvalue weighted by Crippen LogP contribution is -2.34. The molecule has 0 saturated carbocycles. The van der Waals surface area contributed by atoms with Gasteiger partial charge in [-0.3, -0.25) is 4.79 Å². The Labute approximate surface area is 132 Å². The summed E-state index contributed by atoms with van der Waals surface area (Å²) in [4.78, 5) is 14.3. The second-order valence-electron chi connectivity index (χ2n) is 4.70. The van der Waals surface area contributed by atoms with Crippen molar-refractivity contribution in [2.75, 3.05) is 23.8 Å². The lowest BCUT2D eigenvalue weighted by atomic mass is 10.1. The molecule has 0 bridgehead atoms. The molecule has 0 atom stereocenters. The van der Waals surface area contributed by atoms with Crippen molar-refractivity contribution in [1.82, 2.24) is 0 Å². The van der Waals surface area contributed by atoms with Crippen LogP contribution in [0.3, 0.4) is 0 Å². The van der Waals surface area contributed by atoms with Gasteiger partial charge in [0.05, 0.1) is 18.0 Å². The number of carbonyl (C=O) groups is 1. The minimum Gasteiger partial charge on any atom is -0.397 e. The Hall–Kier alpha value is -1.85. The van der Waals surface area contributed by atoms with Crippen LogP contribution < -0.4 is 10.6 Å². The molecule has 0 aliphatic rings. The third kappa shape index (κ3) is 3.43. The third-order valence-electron chi connectivity index (χ3n) is 3.22. The smallest absolute Gasteiger partial charge is 0.258 e. The van der Waals surface area contributed by atoms with Crippen molar-refractivity contribution in [3.8, 4) is 0 Å². The molecule has 2 rings (SSSR count). The number of nitrogens with two attached hydrogens (primary N) is 1. The summed E-state index contributed by atoms with van der Waals surface area (Å²) in [7, 11) is 0. The largest absolute Gasteiger partial charge is 0.397 e. The summed E-state index contributed by atoms with van der Waals surface area (Å²) in [6.07, 6.45) is 0. The molecule has 5 heteroatoms. The average Bonchev–Trinajstić information content (AvgIpc) is 2.45. The lowest BCUT2D eigenvalue weighted by Gasteiger charge is -2.24. The summed E-state index contributed by atoms with van der Waals surface area (Å²) >= 11 is 3.38. The number of aliphatic hydroxyl groups is 1. The number of nitrogens with zero attached hydrogens (tertiary/aromatic N) is 1. The first kappa shape index (κ1) is 15.5. The van der Waals surface area contributed by atoms with Crippen LogP contribution in [0, 0.1) is 6.92 Å². The lowest BCUT2D eigenvalue weighted by molar-refractivity contribution is 0.0980. The minimum atomic E-state index is -0.174. The maximum absolute atomic E-state index is 12.8. The number of nitrogen functional groups attached to an aromatic ring is 1. The Bertz CT molecular complexity index is 658. The van der Waals surface area contributed by atoms with Crippen LogP contribution in [0.2, 0.25) is 0 Å².